The number of fused-ring (bicyclic) bond motifs is 7. The molecule has 0 saturated heterocycles. The van der Waals surface area contributed by atoms with E-state index < -0.39 is 0 Å². The van der Waals surface area contributed by atoms with Gasteiger partial charge in [-0.15, -0.1) is 0 Å². The summed E-state index contributed by atoms with van der Waals surface area (Å²) >= 11 is 0. The molecule has 1 N–H and O–H groups in total. The first-order chi connectivity index (χ1) is 41.3. The lowest BCUT2D eigenvalue weighted by Crippen LogP contribution is -2.60. The molecule has 13 aromatic rings. The van der Waals surface area contributed by atoms with E-state index >= 15 is 0 Å². The van der Waals surface area contributed by atoms with E-state index in [1.807, 2.05) is 0 Å². The summed E-state index contributed by atoms with van der Waals surface area (Å²) in [5.74, 6) is 0. The van der Waals surface area contributed by atoms with Crippen LogP contribution in [0.1, 0.15) is 51.7 Å². The van der Waals surface area contributed by atoms with Gasteiger partial charge >= 0.3 is 0 Å². The van der Waals surface area contributed by atoms with E-state index in [2.05, 4.69) is 305 Å². The molecule has 2 aliphatic rings. The monoisotopic (exact) mass is 1080 g/mol. The van der Waals surface area contributed by atoms with Crippen molar-refractivity contribution in [2.24, 2.45) is 0 Å². The summed E-state index contributed by atoms with van der Waals surface area (Å²) in [5.41, 5.74) is 30.2. The van der Waals surface area contributed by atoms with Crippen LogP contribution in [0, 0.1) is 0 Å². The number of nitrogens with one attached hydrogen (secondary N) is 1. The van der Waals surface area contributed by atoms with Crippen molar-refractivity contribution in [3.63, 3.8) is 0 Å². The molecule has 0 spiro atoms. The van der Waals surface area contributed by atoms with Crippen molar-refractivity contribution in [3.8, 4) is 77.9 Å². The summed E-state index contributed by atoms with van der Waals surface area (Å²) in [5, 5.41) is 6.67. The highest BCUT2D eigenvalue weighted by molar-refractivity contribution is 7.00. The second-order valence-corrected chi connectivity index (χ2v) is 23.8. The standard InChI is InChI=1S/C80H63BN2O/c1-5-6-27-59-49-73-76(63-40-25-26-41-72(63)84-73)75(57-38-23-12-24-39-57)74(59)66-46-61(54-32-17-9-18-33-54)48-68-78(66)82-69-50-62(80(2,3)4)51-71-77(69)81(68)67-47-58(52-28-13-7-14-29-52)42-43-70(67)83(71)79-64(55-34-19-10-20-35-55)44-60(53-30-15-8-16-31-53)45-65(79)56-36-21-11-22-37-56/h7-26,28-51,82H,5-6,27H2,1-4H3. The van der Waals surface area contributed by atoms with Crippen molar-refractivity contribution in [2.75, 3.05) is 10.2 Å². The molecule has 0 saturated carbocycles. The molecule has 2 aliphatic heterocycles. The summed E-state index contributed by atoms with van der Waals surface area (Å²) in [6, 6.07) is 99.2. The average Bonchev–Trinajstić information content (AvgIpc) is 0.790. The van der Waals surface area contributed by atoms with E-state index in [9.17, 15) is 0 Å². The lowest BCUT2D eigenvalue weighted by atomic mass is 9.33. The molecule has 0 unspecified atom stereocenters. The molecule has 0 atom stereocenters. The summed E-state index contributed by atoms with van der Waals surface area (Å²) in [4.78, 5) is 2.65. The van der Waals surface area contributed by atoms with Crippen molar-refractivity contribution >= 4 is 73.5 Å². The van der Waals surface area contributed by atoms with Crippen LogP contribution >= 0.6 is 0 Å². The molecule has 1 aromatic heterocycles. The maximum Gasteiger partial charge on any atom is 0.252 e. The number of nitrogens with zero attached hydrogens (tertiary/aromatic N) is 1. The maximum absolute atomic E-state index is 6.89. The molecule has 0 bridgehead atoms. The minimum Gasteiger partial charge on any atom is -0.456 e. The van der Waals surface area contributed by atoms with Crippen LogP contribution in [0.25, 0.3) is 99.8 Å². The number of para-hydroxylation sites is 1. The second kappa shape index (κ2) is 20.8. The van der Waals surface area contributed by atoms with Gasteiger partial charge in [0.25, 0.3) is 6.71 Å². The third kappa shape index (κ3) is 8.75. The fraction of sp³-hybridized carbons (Fsp3) is 0.100. The zero-order valence-corrected chi connectivity index (χ0v) is 48.0. The smallest absolute Gasteiger partial charge is 0.252 e. The Morgan fingerprint density at radius 2 is 0.940 bits per heavy atom. The van der Waals surface area contributed by atoms with E-state index in [0.29, 0.717) is 0 Å². The van der Waals surface area contributed by atoms with E-state index in [1.165, 1.54) is 88.8 Å². The summed E-state index contributed by atoms with van der Waals surface area (Å²) < 4.78 is 6.89. The highest BCUT2D eigenvalue weighted by Gasteiger charge is 2.44. The Hall–Kier alpha value is -9.90. The Morgan fingerprint density at radius 3 is 1.52 bits per heavy atom. The third-order valence-electron chi connectivity index (χ3n) is 17.6. The molecule has 3 heterocycles. The number of hydrogen-bond acceptors (Lipinski definition) is 3. The van der Waals surface area contributed by atoms with E-state index in [1.54, 1.807) is 0 Å². The summed E-state index contributed by atoms with van der Waals surface area (Å²) in [7, 11) is 0. The molecule has 84 heavy (non-hydrogen) atoms. The normalized spacial score (nSPS) is 12.5. The van der Waals surface area contributed by atoms with Gasteiger partial charge in [-0.25, -0.2) is 0 Å². The zero-order valence-electron chi connectivity index (χ0n) is 48.0. The molecule has 4 heteroatoms. The fourth-order valence-corrected chi connectivity index (χ4v) is 13.5. The highest BCUT2D eigenvalue weighted by Crippen LogP contribution is 2.53. The van der Waals surface area contributed by atoms with Gasteiger partial charge in [0.15, 0.2) is 0 Å². The molecule has 0 amide bonds. The zero-order chi connectivity index (χ0) is 56.5. The topological polar surface area (TPSA) is 28.4 Å². The van der Waals surface area contributed by atoms with Crippen molar-refractivity contribution in [1.29, 1.82) is 0 Å². The van der Waals surface area contributed by atoms with Crippen molar-refractivity contribution in [3.05, 3.63) is 278 Å². The molecule has 12 aromatic carbocycles. The molecular weight excluding hydrogens is 1020 g/mol. The minimum absolute atomic E-state index is 0.181. The van der Waals surface area contributed by atoms with Crippen LogP contribution in [0.5, 0.6) is 0 Å². The van der Waals surface area contributed by atoms with Crippen LogP contribution in [-0.4, -0.2) is 6.71 Å². The lowest BCUT2D eigenvalue weighted by molar-refractivity contribution is 0.591. The van der Waals surface area contributed by atoms with Gasteiger partial charge in [0.1, 0.15) is 11.2 Å². The van der Waals surface area contributed by atoms with E-state index in [0.717, 1.165) is 86.2 Å². The molecule has 0 fully saturated rings. The van der Waals surface area contributed by atoms with Crippen molar-refractivity contribution in [1.82, 2.24) is 0 Å². The minimum atomic E-state index is -0.213. The van der Waals surface area contributed by atoms with Crippen molar-refractivity contribution < 1.29 is 4.42 Å². The fourth-order valence-electron chi connectivity index (χ4n) is 13.5. The molecule has 402 valence electrons. The summed E-state index contributed by atoms with van der Waals surface area (Å²) in [6.07, 6.45) is 3.01. The van der Waals surface area contributed by atoms with Crippen LogP contribution in [0.4, 0.5) is 28.4 Å². The van der Waals surface area contributed by atoms with Gasteiger partial charge in [-0.05, 0) is 150 Å². The van der Waals surface area contributed by atoms with Crippen LogP contribution < -0.4 is 26.6 Å². The third-order valence-corrected chi connectivity index (χ3v) is 17.6. The Kier molecular flexibility index (Phi) is 12.6. The Balaban J connectivity index is 1.10. The predicted octanol–water partition coefficient (Wildman–Crippen LogP) is 20.3. The van der Waals surface area contributed by atoms with Crippen LogP contribution in [-0.2, 0) is 11.8 Å². The Labute approximate surface area is 493 Å². The first-order valence-corrected chi connectivity index (χ1v) is 29.8. The highest BCUT2D eigenvalue weighted by atomic mass is 16.3. The van der Waals surface area contributed by atoms with Gasteiger partial charge in [0.05, 0.1) is 5.69 Å². The van der Waals surface area contributed by atoms with Crippen molar-refractivity contribution in [2.45, 2.75) is 52.4 Å². The van der Waals surface area contributed by atoms with Gasteiger partial charge < -0.3 is 14.6 Å². The van der Waals surface area contributed by atoms with E-state index in [-0.39, 0.29) is 12.1 Å². The number of unbranched alkanes of at least 4 members (excludes halogenated alkanes) is 1. The van der Waals surface area contributed by atoms with Gasteiger partial charge in [-0.1, -0.05) is 253 Å². The van der Waals surface area contributed by atoms with Gasteiger partial charge in [-0.2, -0.15) is 0 Å². The van der Waals surface area contributed by atoms with Gasteiger partial charge in [0.2, 0.25) is 0 Å². The lowest BCUT2D eigenvalue weighted by Gasteiger charge is -2.43. The second-order valence-electron chi connectivity index (χ2n) is 23.8. The first kappa shape index (κ1) is 51.0. The number of aryl methyl sites for hydroxylation is 1. The Bertz CT molecular complexity index is 4560. The van der Waals surface area contributed by atoms with Gasteiger partial charge in [0, 0.05) is 55.8 Å². The Morgan fingerprint density at radius 1 is 0.429 bits per heavy atom. The number of anilines is 5. The SMILES string of the molecule is CCCCc1cc2oc3ccccc3c2c(-c2ccccc2)c1-c1cc(-c2ccccc2)cc2c1Nc1cc(C(C)(C)C)cc3c1B2c1cc(-c2ccccc2)ccc1N3c1c(-c2ccccc2)cc(-c2ccccc2)cc1-c1ccccc1. The van der Waals surface area contributed by atoms with Crippen LogP contribution in [0.2, 0.25) is 0 Å². The number of hydrogen-bond donors (Lipinski definition) is 1. The van der Waals surface area contributed by atoms with Crippen LogP contribution in [0.3, 0.4) is 0 Å². The van der Waals surface area contributed by atoms with E-state index in [4.69, 9.17) is 4.42 Å². The maximum atomic E-state index is 6.89. The average molecular weight is 1080 g/mol. The predicted molar refractivity (Wildman–Crippen MR) is 358 cm³/mol. The first-order valence-electron chi connectivity index (χ1n) is 29.8. The number of benzene rings is 12. The van der Waals surface area contributed by atoms with Gasteiger partial charge in [-0.3, -0.25) is 0 Å². The molecule has 15 rings (SSSR count). The largest absolute Gasteiger partial charge is 0.456 e. The summed E-state index contributed by atoms with van der Waals surface area (Å²) in [6.45, 7) is 9.19. The number of furan rings is 1. The molecular formula is C80H63BN2O. The van der Waals surface area contributed by atoms with Crippen LogP contribution in [0.15, 0.2) is 271 Å². The molecule has 3 nitrogen and oxygen atoms in total. The quantitative estimate of drug-likeness (QED) is 0.131. The number of rotatable bonds is 11. The molecule has 0 radical (unpaired) electrons. The molecule has 0 aliphatic carbocycles.